The SMILES string of the molecule is O=C(Nc1ccc(CN2CC(F)(F)C2)c(C(F)(F)F)c1)Oc1ccccc1. The predicted octanol–water partition coefficient (Wildman–Crippen LogP) is 4.77. The highest BCUT2D eigenvalue weighted by molar-refractivity contribution is 5.86. The minimum Gasteiger partial charge on any atom is -0.410 e. The number of benzene rings is 2. The van der Waals surface area contributed by atoms with E-state index < -0.39 is 36.8 Å². The molecule has 0 atom stereocenters. The van der Waals surface area contributed by atoms with Crippen LogP contribution in [-0.4, -0.2) is 30.0 Å². The molecule has 1 saturated heterocycles. The second-order valence-corrected chi connectivity index (χ2v) is 6.20. The highest BCUT2D eigenvalue weighted by Crippen LogP contribution is 2.36. The molecule has 9 heteroatoms. The Balaban J connectivity index is 1.72. The highest BCUT2D eigenvalue weighted by Gasteiger charge is 2.44. The van der Waals surface area contributed by atoms with Crippen molar-refractivity contribution in [2.75, 3.05) is 18.4 Å². The van der Waals surface area contributed by atoms with E-state index in [2.05, 4.69) is 5.32 Å². The Morgan fingerprint density at radius 2 is 1.78 bits per heavy atom. The third kappa shape index (κ3) is 4.94. The average molecular weight is 386 g/mol. The molecule has 144 valence electrons. The number of carbonyl (C=O) groups excluding carboxylic acids is 1. The Hall–Kier alpha value is -2.68. The Morgan fingerprint density at radius 3 is 2.37 bits per heavy atom. The fourth-order valence-electron chi connectivity index (χ4n) is 2.76. The Bertz CT molecular complexity index is 816. The number of hydrogen-bond donors (Lipinski definition) is 1. The van der Waals surface area contributed by atoms with Crippen molar-refractivity contribution in [3.63, 3.8) is 0 Å². The first-order valence-corrected chi connectivity index (χ1v) is 7.97. The van der Waals surface area contributed by atoms with Crippen LogP contribution in [0, 0.1) is 0 Å². The minimum atomic E-state index is -4.69. The lowest BCUT2D eigenvalue weighted by molar-refractivity contribution is -0.143. The molecule has 4 nitrogen and oxygen atoms in total. The summed E-state index contributed by atoms with van der Waals surface area (Å²) >= 11 is 0. The summed E-state index contributed by atoms with van der Waals surface area (Å²) in [7, 11) is 0. The number of halogens is 5. The molecule has 1 amide bonds. The number of hydrogen-bond acceptors (Lipinski definition) is 3. The van der Waals surface area contributed by atoms with Crippen LogP contribution in [0.1, 0.15) is 11.1 Å². The van der Waals surface area contributed by atoms with Crippen LogP contribution < -0.4 is 10.1 Å². The van der Waals surface area contributed by atoms with E-state index in [4.69, 9.17) is 4.74 Å². The highest BCUT2D eigenvalue weighted by atomic mass is 19.4. The molecule has 0 spiro atoms. The summed E-state index contributed by atoms with van der Waals surface area (Å²) in [6.45, 7) is -1.40. The maximum absolute atomic E-state index is 13.3. The molecule has 27 heavy (non-hydrogen) atoms. The van der Waals surface area contributed by atoms with Crippen molar-refractivity contribution < 1.29 is 31.5 Å². The third-order valence-corrected chi connectivity index (χ3v) is 3.92. The quantitative estimate of drug-likeness (QED) is 0.770. The van der Waals surface area contributed by atoms with E-state index in [9.17, 15) is 26.7 Å². The van der Waals surface area contributed by atoms with Crippen molar-refractivity contribution in [3.8, 4) is 5.75 Å². The zero-order valence-electron chi connectivity index (χ0n) is 13.9. The number of carbonyl (C=O) groups is 1. The van der Waals surface area contributed by atoms with Crippen LogP contribution in [0.2, 0.25) is 0 Å². The van der Waals surface area contributed by atoms with E-state index in [1.807, 2.05) is 0 Å². The Morgan fingerprint density at radius 1 is 1.11 bits per heavy atom. The molecule has 3 rings (SSSR count). The van der Waals surface area contributed by atoms with E-state index in [0.29, 0.717) is 0 Å². The Kier molecular flexibility index (Phi) is 5.05. The molecule has 0 radical (unpaired) electrons. The van der Waals surface area contributed by atoms with Crippen molar-refractivity contribution in [1.82, 2.24) is 4.90 Å². The zero-order valence-corrected chi connectivity index (χ0v) is 13.9. The second-order valence-electron chi connectivity index (χ2n) is 6.20. The number of amides is 1. The molecule has 0 aliphatic carbocycles. The van der Waals surface area contributed by atoms with Gasteiger partial charge in [-0.1, -0.05) is 24.3 Å². The summed E-state index contributed by atoms with van der Waals surface area (Å²) < 4.78 is 70.7. The first-order chi connectivity index (χ1) is 12.6. The fourth-order valence-corrected chi connectivity index (χ4v) is 2.76. The van der Waals surface area contributed by atoms with Crippen LogP contribution in [-0.2, 0) is 12.7 Å². The van der Waals surface area contributed by atoms with E-state index in [1.165, 1.54) is 23.1 Å². The number of rotatable bonds is 4. The molecule has 1 fully saturated rings. The molecule has 0 unspecified atom stereocenters. The summed E-state index contributed by atoms with van der Waals surface area (Å²) in [6.07, 6.45) is -5.63. The van der Waals surface area contributed by atoms with E-state index >= 15 is 0 Å². The maximum atomic E-state index is 13.3. The van der Waals surface area contributed by atoms with Gasteiger partial charge in [-0.3, -0.25) is 10.2 Å². The lowest BCUT2D eigenvalue weighted by Crippen LogP contribution is -2.55. The number of nitrogens with zero attached hydrogens (tertiary/aromatic N) is 1. The minimum absolute atomic E-state index is 0.110. The van der Waals surface area contributed by atoms with Crippen LogP contribution in [0.4, 0.5) is 32.4 Å². The van der Waals surface area contributed by atoms with Crippen molar-refractivity contribution in [1.29, 1.82) is 0 Å². The maximum Gasteiger partial charge on any atom is 0.417 e. The summed E-state index contributed by atoms with van der Waals surface area (Å²) in [5, 5.41) is 2.23. The van der Waals surface area contributed by atoms with Crippen LogP contribution in [0.25, 0.3) is 0 Å². The molecular formula is C18H15F5N2O2. The second kappa shape index (κ2) is 7.15. The summed E-state index contributed by atoms with van der Waals surface area (Å²) in [6, 6.07) is 11.2. The topological polar surface area (TPSA) is 41.6 Å². The number of anilines is 1. The molecule has 0 bridgehead atoms. The average Bonchev–Trinajstić information content (AvgIpc) is 2.54. The number of ether oxygens (including phenoxy) is 1. The molecule has 2 aromatic rings. The van der Waals surface area contributed by atoms with Gasteiger partial charge in [0, 0.05) is 12.2 Å². The van der Waals surface area contributed by atoms with Gasteiger partial charge in [-0.15, -0.1) is 0 Å². The van der Waals surface area contributed by atoms with Crippen LogP contribution >= 0.6 is 0 Å². The van der Waals surface area contributed by atoms with Gasteiger partial charge in [0.05, 0.1) is 18.7 Å². The smallest absolute Gasteiger partial charge is 0.410 e. The largest absolute Gasteiger partial charge is 0.417 e. The number of likely N-dealkylation sites (tertiary alicyclic amines) is 1. The van der Waals surface area contributed by atoms with E-state index in [1.54, 1.807) is 18.2 Å². The Labute approximate surface area is 151 Å². The lowest BCUT2D eigenvalue weighted by atomic mass is 10.0. The first kappa shape index (κ1) is 19.1. The van der Waals surface area contributed by atoms with Crippen molar-refractivity contribution in [2.45, 2.75) is 18.6 Å². The number of para-hydroxylation sites is 1. The van der Waals surface area contributed by atoms with Gasteiger partial charge >= 0.3 is 12.3 Å². The van der Waals surface area contributed by atoms with Gasteiger partial charge < -0.3 is 4.74 Å². The standard InChI is InChI=1S/C18H15F5N2O2/c19-17(20)10-25(11-17)9-12-6-7-13(8-15(12)18(21,22)23)24-16(26)27-14-4-2-1-3-5-14/h1-8H,9-11H2,(H,24,26). The molecule has 1 aliphatic rings. The summed E-state index contributed by atoms with van der Waals surface area (Å²) in [4.78, 5) is 13.0. The molecule has 1 heterocycles. The van der Waals surface area contributed by atoms with Crippen molar-refractivity contribution in [2.24, 2.45) is 0 Å². The van der Waals surface area contributed by atoms with Gasteiger partial charge in [0.2, 0.25) is 0 Å². The van der Waals surface area contributed by atoms with Gasteiger partial charge in [-0.2, -0.15) is 13.2 Å². The molecule has 1 aliphatic heterocycles. The van der Waals surface area contributed by atoms with Crippen molar-refractivity contribution >= 4 is 11.8 Å². The van der Waals surface area contributed by atoms with Gasteiger partial charge in [0.15, 0.2) is 0 Å². The van der Waals surface area contributed by atoms with Crippen LogP contribution in [0.5, 0.6) is 5.75 Å². The molecular weight excluding hydrogens is 371 g/mol. The van der Waals surface area contributed by atoms with Gasteiger partial charge in [-0.05, 0) is 29.8 Å². The summed E-state index contributed by atoms with van der Waals surface area (Å²) in [5.74, 6) is -2.62. The lowest BCUT2D eigenvalue weighted by Gasteiger charge is -2.39. The normalized spacial score (nSPS) is 16.5. The molecule has 0 aromatic heterocycles. The first-order valence-electron chi connectivity index (χ1n) is 7.97. The van der Waals surface area contributed by atoms with Crippen LogP contribution in [0.15, 0.2) is 48.5 Å². The van der Waals surface area contributed by atoms with E-state index in [0.717, 1.165) is 12.1 Å². The fraction of sp³-hybridized carbons (Fsp3) is 0.278. The van der Waals surface area contributed by atoms with Gasteiger partial charge in [-0.25, -0.2) is 13.6 Å². The third-order valence-electron chi connectivity index (χ3n) is 3.92. The molecule has 2 aromatic carbocycles. The zero-order chi connectivity index (χ0) is 19.7. The number of nitrogens with one attached hydrogen (secondary N) is 1. The summed E-state index contributed by atoms with van der Waals surface area (Å²) in [5.41, 5.74) is -1.24. The monoisotopic (exact) mass is 386 g/mol. The van der Waals surface area contributed by atoms with E-state index in [-0.39, 0.29) is 23.5 Å². The molecule has 0 saturated carbocycles. The predicted molar refractivity (Wildman–Crippen MR) is 87.8 cm³/mol. The van der Waals surface area contributed by atoms with Gasteiger partial charge in [0.1, 0.15) is 5.75 Å². The number of alkyl halides is 5. The van der Waals surface area contributed by atoms with Crippen molar-refractivity contribution in [3.05, 3.63) is 59.7 Å². The molecule has 1 N–H and O–H groups in total. The van der Waals surface area contributed by atoms with Crippen LogP contribution in [0.3, 0.4) is 0 Å². The van der Waals surface area contributed by atoms with Gasteiger partial charge in [0.25, 0.3) is 5.92 Å².